The second-order valence-corrected chi connectivity index (χ2v) is 9.84. The zero-order valence-corrected chi connectivity index (χ0v) is 23.0. The van der Waals surface area contributed by atoms with Crippen molar-refractivity contribution < 1.29 is 14.3 Å². The Hall–Kier alpha value is -2.00. The van der Waals surface area contributed by atoms with Crippen LogP contribution in [-0.2, 0) is 11.4 Å². The van der Waals surface area contributed by atoms with E-state index in [1.165, 1.54) is 0 Å². The van der Waals surface area contributed by atoms with E-state index in [2.05, 4.69) is 50.5 Å². The molecule has 0 spiro atoms. The van der Waals surface area contributed by atoms with Gasteiger partial charge in [-0.1, -0.05) is 29.3 Å². The van der Waals surface area contributed by atoms with Gasteiger partial charge in [-0.3, -0.25) is 4.79 Å². The molecule has 168 valence electrons. The van der Waals surface area contributed by atoms with Crippen molar-refractivity contribution in [2.24, 2.45) is 0 Å². The standard InChI is InChI=1S/C24H16Cl2I2N2O3/c1-32-18-5-3-17(4-6-18)30-24(31)16(12-29)8-15-10-21(27)23(22(28)11-15)33-13-14-2-7-19(25)20(26)9-14/h2-11H,13H2,1H3,(H,30,31)/b16-8+. The Morgan fingerprint density at radius 2 is 1.73 bits per heavy atom. The Kier molecular flexibility index (Phi) is 9.26. The number of carbonyl (C=O) groups is 1. The molecule has 0 fully saturated rings. The largest absolute Gasteiger partial charge is 0.497 e. The number of nitrogens with one attached hydrogen (secondary N) is 1. The van der Waals surface area contributed by atoms with Crippen molar-refractivity contribution in [3.05, 3.63) is 88.5 Å². The van der Waals surface area contributed by atoms with Crippen molar-refractivity contribution in [3.8, 4) is 17.6 Å². The fraction of sp³-hybridized carbons (Fsp3) is 0.0833. The Labute approximate surface area is 229 Å². The lowest BCUT2D eigenvalue weighted by atomic mass is 10.1. The number of halogens is 4. The molecule has 1 N–H and O–H groups in total. The van der Waals surface area contributed by atoms with Crippen LogP contribution < -0.4 is 14.8 Å². The number of methoxy groups -OCH3 is 1. The summed E-state index contributed by atoms with van der Waals surface area (Å²) in [6.07, 6.45) is 1.55. The molecule has 0 saturated carbocycles. The van der Waals surface area contributed by atoms with E-state index in [9.17, 15) is 10.1 Å². The molecule has 3 rings (SSSR count). The third-order valence-electron chi connectivity index (χ3n) is 4.41. The first-order valence-corrected chi connectivity index (χ1v) is 12.3. The summed E-state index contributed by atoms with van der Waals surface area (Å²) in [6, 6.07) is 17.9. The van der Waals surface area contributed by atoms with Crippen LogP contribution in [0.3, 0.4) is 0 Å². The summed E-state index contributed by atoms with van der Waals surface area (Å²) in [5.41, 5.74) is 2.16. The summed E-state index contributed by atoms with van der Waals surface area (Å²) in [6.45, 7) is 0.325. The molecule has 1 amide bonds. The lowest BCUT2D eigenvalue weighted by molar-refractivity contribution is -0.112. The monoisotopic (exact) mass is 704 g/mol. The van der Waals surface area contributed by atoms with Crippen LogP contribution in [0.5, 0.6) is 11.5 Å². The van der Waals surface area contributed by atoms with Crippen LogP contribution in [-0.4, -0.2) is 13.0 Å². The van der Waals surface area contributed by atoms with Crippen molar-refractivity contribution in [2.75, 3.05) is 12.4 Å². The predicted octanol–water partition coefficient (Wildman–Crippen LogP) is 7.34. The second kappa shape index (κ2) is 11.9. The highest BCUT2D eigenvalue weighted by atomic mass is 127. The third kappa shape index (κ3) is 6.99. The first-order chi connectivity index (χ1) is 15.8. The van der Waals surface area contributed by atoms with Crippen LogP contribution in [0.25, 0.3) is 6.08 Å². The molecule has 0 bridgehead atoms. The predicted molar refractivity (Wildman–Crippen MR) is 148 cm³/mol. The van der Waals surface area contributed by atoms with E-state index in [1.807, 2.05) is 24.3 Å². The molecule has 0 aliphatic carbocycles. The third-order valence-corrected chi connectivity index (χ3v) is 6.75. The van der Waals surface area contributed by atoms with Gasteiger partial charge in [-0.2, -0.15) is 5.26 Å². The summed E-state index contributed by atoms with van der Waals surface area (Å²) in [7, 11) is 1.57. The quantitative estimate of drug-likeness (QED) is 0.159. The minimum atomic E-state index is -0.493. The fourth-order valence-corrected chi connectivity index (χ4v) is 5.22. The van der Waals surface area contributed by atoms with Crippen molar-refractivity contribution >= 4 is 86.1 Å². The van der Waals surface area contributed by atoms with Gasteiger partial charge in [0.05, 0.1) is 24.3 Å². The Balaban J connectivity index is 1.75. The van der Waals surface area contributed by atoms with Crippen LogP contribution in [0, 0.1) is 18.5 Å². The molecule has 0 aliphatic heterocycles. The molecule has 0 radical (unpaired) electrons. The van der Waals surface area contributed by atoms with Crippen LogP contribution in [0.4, 0.5) is 5.69 Å². The highest BCUT2D eigenvalue weighted by molar-refractivity contribution is 14.1. The van der Waals surface area contributed by atoms with Crippen molar-refractivity contribution in [1.82, 2.24) is 0 Å². The van der Waals surface area contributed by atoms with Crippen LogP contribution in [0.15, 0.2) is 60.2 Å². The number of rotatable bonds is 7. The molecule has 0 heterocycles. The number of nitriles is 1. The van der Waals surface area contributed by atoms with E-state index >= 15 is 0 Å². The lowest BCUT2D eigenvalue weighted by Gasteiger charge is -2.12. The summed E-state index contributed by atoms with van der Waals surface area (Å²) in [5, 5.41) is 13.2. The number of carbonyl (C=O) groups excluding carboxylic acids is 1. The summed E-state index contributed by atoms with van der Waals surface area (Å²) in [5.74, 6) is 0.892. The molecule has 3 aromatic rings. The molecule has 0 saturated heterocycles. The smallest absolute Gasteiger partial charge is 0.266 e. The van der Waals surface area contributed by atoms with Crippen molar-refractivity contribution in [3.63, 3.8) is 0 Å². The van der Waals surface area contributed by atoms with Gasteiger partial charge in [0.25, 0.3) is 5.91 Å². The SMILES string of the molecule is COc1ccc(NC(=O)/C(C#N)=C/c2cc(I)c(OCc3ccc(Cl)c(Cl)c3)c(I)c2)cc1. The number of hydrogen-bond donors (Lipinski definition) is 1. The molecule has 0 aliphatic rings. The maximum atomic E-state index is 12.6. The minimum absolute atomic E-state index is 0.0121. The van der Waals surface area contributed by atoms with Crippen LogP contribution in [0.1, 0.15) is 11.1 Å². The van der Waals surface area contributed by atoms with Crippen LogP contribution >= 0.6 is 68.4 Å². The number of benzene rings is 3. The highest BCUT2D eigenvalue weighted by Crippen LogP contribution is 2.31. The molecule has 3 aromatic carbocycles. The van der Waals surface area contributed by atoms with Gasteiger partial charge in [0.1, 0.15) is 29.7 Å². The Morgan fingerprint density at radius 3 is 2.30 bits per heavy atom. The van der Waals surface area contributed by atoms with Gasteiger partial charge >= 0.3 is 0 Å². The molecule has 0 atom stereocenters. The summed E-state index contributed by atoms with van der Waals surface area (Å²) in [4.78, 5) is 12.6. The molecular formula is C24H16Cl2I2N2O3. The molecule has 5 nitrogen and oxygen atoms in total. The average molecular weight is 705 g/mol. The molecule has 9 heteroatoms. The van der Waals surface area contributed by atoms with Gasteiger partial charge in [0.15, 0.2) is 0 Å². The molecule has 0 aromatic heterocycles. The number of amides is 1. The number of ether oxygens (including phenoxy) is 2. The molecule has 0 unspecified atom stereocenters. The van der Waals surface area contributed by atoms with Gasteiger partial charge in [0, 0.05) is 5.69 Å². The van der Waals surface area contributed by atoms with Gasteiger partial charge in [-0.15, -0.1) is 0 Å². The zero-order chi connectivity index (χ0) is 24.0. The van der Waals surface area contributed by atoms with Crippen molar-refractivity contribution in [2.45, 2.75) is 6.61 Å². The summed E-state index contributed by atoms with van der Waals surface area (Å²) < 4.78 is 12.8. The van der Waals surface area contributed by atoms with E-state index in [4.69, 9.17) is 32.7 Å². The minimum Gasteiger partial charge on any atom is -0.497 e. The maximum Gasteiger partial charge on any atom is 0.266 e. The number of nitrogens with zero attached hydrogens (tertiary/aromatic N) is 1. The Morgan fingerprint density at radius 1 is 1.06 bits per heavy atom. The van der Waals surface area contributed by atoms with Gasteiger partial charge < -0.3 is 14.8 Å². The van der Waals surface area contributed by atoms with Crippen LogP contribution in [0.2, 0.25) is 10.0 Å². The van der Waals surface area contributed by atoms with Gasteiger partial charge in [0.2, 0.25) is 0 Å². The van der Waals surface area contributed by atoms with E-state index < -0.39 is 5.91 Å². The molecular weight excluding hydrogens is 689 g/mol. The zero-order valence-electron chi connectivity index (χ0n) is 17.2. The Bertz CT molecular complexity index is 1230. The van der Waals surface area contributed by atoms with E-state index in [0.717, 1.165) is 12.7 Å². The molecule has 33 heavy (non-hydrogen) atoms. The number of hydrogen-bond acceptors (Lipinski definition) is 4. The normalized spacial score (nSPS) is 11.0. The summed E-state index contributed by atoms with van der Waals surface area (Å²) >= 11 is 16.4. The van der Waals surface area contributed by atoms with Crippen molar-refractivity contribution in [1.29, 1.82) is 5.26 Å². The van der Waals surface area contributed by atoms with E-state index in [1.54, 1.807) is 49.6 Å². The van der Waals surface area contributed by atoms with Gasteiger partial charge in [-0.05, 0) is 111 Å². The average Bonchev–Trinajstić information content (AvgIpc) is 2.79. The second-order valence-electron chi connectivity index (χ2n) is 6.70. The maximum absolute atomic E-state index is 12.6. The number of anilines is 1. The highest BCUT2D eigenvalue weighted by Gasteiger charge is 2.13. The van der Waals surface area contributed by atoms with E-state index in [0.29, 0.717) is 39.4 Å². The van der Waals surface area contributed by atoms with Gasteiger partial charge in [-0.25, -0.2) is 0 Å². The first-order valence-electron chi connectivity index (χ1n) is 9.43. The fourth-order valence-electron chi connectivity index (χ4n) is 2.77. The first kappa shape index (κ1) is 25.6. The topological polar surface area (TPSA) is 71.3 Å². The lowest BCUT2D eigenvalue weighted by Crippen LogP contribution is -2.13. The van der Waals surface area contributed by atoms with E-state index in [-0.39, 0.29) is 5.57 Å².